The molecule has 18 heavy (non-hydrogen) atoms. The number of aromatic carboxylic acids is 1. The maximum atomic E-state index is 10.3. The lowest BCUT2D eigenvalue weighted by atomic mass is 10.2. The lowest BCUT2D eigenvalue weighted by Gasteiger charge is -1.94. The zero-order valence-electron chi connectivity index (χ0n) is 9.17. The van der Waals surface area contributed by atoms with Crippen molar-refractivity contribution in [3.8, 4) is 0 Å². The van der Waals surface area contributed by atoms with E-state index in [2.05, 4.69) is 0 Å². The maximum Gasteiger partial charge on any atom is 0.337 e. The molecule has 0 bridgehead atoms. The predicted octanol–water partition coefficient (Wildman–Crippen LogP) is 2.29. The molecule has 1 aliphatic rings. The largest absolute Gasteiger partial charge is 0.478 e. The summed E-state index contributed by atoms with van der Waals surface area (Å²) in [6.45, 7) is 0. The Balaban J connectivity index is 0.000000184. The van der Waals surface area contributed by atoms with Gasteiger partial charge in [0, 0.05) is 0 Å². The van der Waals surface area contributed by atoms with Gasteiger partial charge >= 0.3 is 5.97 Å². The molecule has 0 amide bonds. The van der Waals surface area contributed by atoms with Gasteiger partial charge in [-0.25, -0.2) is 4.79 Å². The molecule has 0 saturated heterocycles. The van der Waals surface area contributed by atoms with Crippen molar-refractivity contribution >= 4 is 29.1 Å². The lowest BCUT2D eigenvalue weighted by Crippen LogP contribution is -1.97. The fourth-order valence-electron chi connectivity index (χ4n) is 1.07. The summed E-state index contributed by atoms with van der Waals surface area (Å²) < 4.78 is 0. The Bertz CT molecular complexity index is 506. The monoisotopic (exact) mass is 264 g/mol. The average molecular weight is 265 g/mol. The lowest BCUT2D eigenvalue weighted by molar-refractivity contribution is -0.113. The number of carbonyl (C=O) groups excluding carboxylic acids is 2. The summed E-state index contributed by atoms with van der Waals surface area (Å²) in [5, 5.41) is 8.75. The molecule has 1 aromatic carbocycles. The van der Waals surface area contributed by atoms with E-state index in [4.69, 9.17) is 16.7 Å². The van der Waals surface area contributed by atoms with Gasteiger partial charge in [0.2, 0.25) is 0 Å². The van der Waals surface area contributed by atoms with E-state index in [0.29, 0.717) is 0 Å². The van der Waals surface area contributed by atoms with E-state index in [0.717, 1.165) is 0 Å². The molecule has 1 aliphatic carbocycles. The van der Waals surface area contributed by atoms with E-state index in [1.165, 1.54) is 30.4 Å². The summed E-state index contributed by atoms with van der Waals surface area (Å²) in [6.07, 6.45) is 5.01. The first-order valence-electron chi connectivity index (χ1n) is 4.92. The first-order chi connectivity index (χ1) is 8.50. The number of halogens is 1. The molecule has 0 atom stereocenters. The number of hydrogen-bond acceptors (Lipinski definition) is 3. The number of allylic oxidation sites excluding steroid dienone is 4. The van der Waals surface area contributed by atoms with Crippen molar-refractivity contribution in [3.63, 3.8) is 0 Å². The van der Waals surface area contributed by atoms with E-state index >= 15 is 0 Å². The number of ketones is 2. The Hall–Kier alpha value is -2.20. The highest BCUT2D eigenvalue weighted by Crippen LogP contribution is 2.13. The smallest absolute Gasteiger partial charge is 0.337 e. The molecular formula is C13H9ClO4. The normalized spacial score (nSPS) is 12.9. The molecule has 0 spiro atoms. The number of benzene rings is 1. The molecule has 0 aliphatic heterocycles. The van der Waals surface area contributed by atoms with Crippen LogP contribution in [0.3, 0.4) is 0 Å². The highest BCUT2D eigenvalue weighted by Gasteiger charge is 2.04. The Morgan fingerprint density at radius 1 is 0.944 bits per heavy atom. The summed E-state index contributed by atoms with van der Waals surface area (Å²) in [6, 6.07) is 6.33. The van der Waals surface area contributed by atoms with Gasteiger partial charge in [0.1, 0.15) is 0 Å². The molecule has 5 heteroatoms. The minimum Gasteiger partial charge on any atom is -0.478 e. The van der Waals surface area contributed by atoms with Crippen LogP contribution in [-0.4, -0.2) is 22.6 Å². The van der Waals surface area contributed by atoms with Crippen LogP contribution in [0.1, 0.15) is 10.4 Å². The molecule has 0 aromatic heterocycles. The van der Waals surface area contributed by atoms with Crippen LogP contribution in [0.25, 0.3) is 0 Å². The van der Waals surface area contributed by atoms with E-state index in [1.807, 2.05) is 0 Å². The molecule has 2 rings (SSSR count). The number of hydrogen-bond donors (Lipinski definition) is 1. The van der Waals surface area contributed by atoms with E-state index in [-0.39, 0.29) is 22.2 Å². The third kappa shape index (κ3) is 4.35. The van der Waals surface area contributed by atoms with Gasteiger partial charge in [0.05, 0.1) is 10.6 Å². The van der Waals surface area contributed by atoms with Crippen LogP contribution in [0.2, 0.25) is 5.02 Å². The predicted molar refractivity (Wildman–Crippen MR) is 66.7 cm³/mol. The second kappa shape index (κ2) is 6.51. The van der Waals surface area contributed by atoms with Gasteiger partial charge in [0.25, 0.3) is 0 Å². The summed E-state index contributed by atoms with van der Waals surface area (Å²) in [7, 11) is 0. The van der Waals surface area contributed by atoms with Crippen molar-refractivity contribution in [2.24, 2.45) is 0 Å². The second-order valence-corrected chi connectivity index (χ2v) is 3.66. The molecule has 0 heterocycles. The standard InChI is InChI=1S/C7H5ClO2.C6H4O2/c8-6-4-2-1-3-5(6)7(9)10;7-5-1-2-6(8)4-3-5/h1-4H,(H,9,10);1-4H. The summed E-state index contributed by atoms with van der Waals surface area (Å²) in [5.74, 6) is -1.24. The molecule has 4 nitrogen and oxygen atoms in total. The summed E-state index contributed by atoms with van der Waals surface area (Å²) >= 11 is 5.54. The van der Waals surface area contributed by atoms with Gasteiger partial charge < -0.3 is 5.11 Å². The van der Waals surface area contributed by atoms with Gasteiger partial charge in [-0.05, 0) is 36.4 Å². The maximum absolute atomic E-state index is 10.3. The van der Waals surface area contributed by atoms with Crippen LogP contribution < -0.4 is 0 Å². The van der Waals surface area contributed by atoms with Crippen LogP contribution in [0, 0.1) is 0 Å². The fourth-order valence-corrected chi connectivity index (χ4v) is 1.29. The Morgan fingerprint density at radius 3 is 1.72 bits per heavy atom. The SMILES string of the molecule is O=C(O)c1ccccc1Cl.O=C1C=CC(=O)C=C1. The molecule has 0 radical (unpaired) electrons. The van der Waals surface area contributed by atoms with Crippen LogP contribution in [0.15, 0.2) is 48.6 Å². The zero-order chi connectivity index (χ0) is 13.5. The van der Waals surface area contributed by atoms with Gasteiger partial charge in [0.15, 0.2) is 11.6 Å². The van der Waals surface area contributed by atoms with Gasteiger partial charge in [-0.3, -0.25) is 9.59 Å². The Kier molecular flexibility index (Phi) is 5.02. The van der Waals surface area contributed by atoms with Crippen LogP contribution >= 0.6 is 11.6 Å². The highest BCUT2D eigenvalue weighted by molar-refractivity contribution is 6.33. The fraction of sp³-hybridized carbons (Fsp3) is 0. The first kappa shape index (κ1) is 13.9. The van der Waals surface area contributed by atoms with E-state index < -0.39 is 5.97 Å². The van der Waals surface area contributed by atoms with Crippen LogP contribution in [0.4, 0.5) is 0 Å². The molecule has 0 saturated carbocycles. The molecule has 92 valence electrons. The van der Waals surface area contributed by atoms with Crippen molar-refractivity contribution < 1.29 is 19.5 Å². The Morgan fingerprint density at radius 2 is 1.39 bits per heavy atom. The molecule has 1 N–H and O–H groups in total. The van der Waals surface area contributed by atoms with Crippen molar-refractivity contribution in [1.29, 1.82) is 0 Å². The molecule has 1 aromatic rings. The minimum atomic E-state index is -0.995. The second-order valence-electron chi connectivity index (χ2n) is 3.26. The number of carbonyl (C=O) groups is 3. The molecular weight excluding hydrogens is 256 g/mol. The van der Waals surface area contributed by atoms with Crippen LogP contribution in [0.5, 0.6) is 0 Å². The molecule has 0 unspecified atom stereocenters. The summed E-state index contributed by atoms with van der Waals surface area (Å²) in [5.41, 5.74) is 0.143. The summed E-state index contributed by atoms with van der Waals surface area (Å²) in [4.78, 5) is 30.9. The quantitative estimate of drug-likeness (QED) is 0.790. The zero-order valence-corrected chi connectivity index (χ0v) is 9.92. The van der Waals surface area contributed by atoms with E-state index in [9.17, 15) is 14.4 Å². The molecule has 0 fully saturated rings. The van der Waals surface area contributed by atoms with Crippen molar-refractivity contribution in [1.82, 2.24) is 0 Å². The van der Waals surface area contributed by atoms with Crippen molar-refractivity contribution in [2.75, 3.05) is 0 Å². The number of rotatable bonds is 1. The van der Waals surface area contributed by atoms with Crippen molar-refractivity contribution in [2.45, 2.75) is 0 Å². The first-order valence-corrected chi connectivity index (χ1v) is 5.30. The highest BCUT2D eigenvalue weighted by atomic mass is 35.5. The third-order valence-electron chi connectivity index (χ3n) is 1.93. The number of carboxylic acid groups (broad SMARTS) is 1. The topological polar surface area (TPSA) is 71.4 Å². The Labute approximate surface area is 108 Å². The van der Waals surface area contributed by atoms with Gasteiger partial charge in [-0.15, -0.1) is 0 Å². The number of carboxylic acids is 1. The van der Waals surface area contributed by atoms with E-state index in [1.54, 1.807) is 18.2 Å². The third-order valence-corrected chi connectivity index (χ3v) is 2.26. The van der Waals surface area contributed by atoms with Gasteiger partial charge in [-0.2, -0.15) is 0 Å². The van der Waals surface area contributed by atoms with Crippen LogP contribution in [-0.2, 0) is 9.59 Å². The van der Waals surface area contributed by atoms with Crippen molar-refractivity contribution in [3.05, 3.63) is 59.2 Å². The van der Waals surface area contributed by atoms with Gasteiger partial charge in [-0.1, -0.05) is 23.7 Å². The average Bonchev–Trinajstić information content (AvgIpc) is 2.34. The minimum absolute atomic E-state index is 0.121.